The molecule has 0 unspecified atom stereocenters. The molecule has 0 aliphatic rings. The first-order valence-corrected chi connectivity index (χ1v) is 3.99. The lowest BCUT2D eigenvalue weighted by atomic mass is 10.4. The zero-order chi connectivity index (χ0) is 7.56. The quantitative estimate of drug-likeness (QED) is 0.609. The molecule has 0 saturated carbocycles. The van der Waals surface area contributed by atoms with E-state index in [9.17, 15) is 0 Å². The molecule has 0 fully saturated rings. The van der Waals surface area contributed by atoms with Gasteiger partial charge in [0, 0.05) is 11.4 Å². The highest BCUT2D eigenvalue weighted by Gasteiger charge is 1.94. The van der Waals surface area contributed by atoms with Crippen molar-refractivity contribution in [2.75, 3.05) is 3.53 Å². The van der Waals surface area contributed by atoms with Crippen molar-refractivity contribution < 1.29 is 0 Å². The molecule has 0 aliphatic heterocycles. The number of hydrogen-bond acceptors (Lipinski definition) is 3. The SMILES string of the molecule is Cc1cc(C)nc(NI)n1. The minimum Gasteiger partial charge on any atom is -0.297 e. The maximum Gasteiger partial charge on any atom is 0.232 e. The highest BCUT2D eigenvalue weighted by atomic mass is 127. The Morgan fingerprint density at radius 2 is 1.80 bits per heavy atom. The zero-order valence-electron chi connectivity index (χ0n) is 5.85. The Balaban J connectivity index is 3.06. The second kappa shape index (κ2) is 3.14. The van der Waals surface area contributed by atoms with E-state index in [0.29, 0.717) is 5.95 Å². The molecule has 0 spiro atoms. The molecule has 1 heterocycles. The molecule has 0 aliphatic carbocycles. The Morgan fingerprint density at radius 3 is 2.20 bits per heavy atom. The van der Waals surface area contributed by atoms with E-state index in [4.69, 9.17) is 0 Å². The summed E-state index contributed by atoms with van der Waals surface area (Å²) < 4.78 is 2.86. The van der Waals surface area contributed by atoms with Crippen molar-refractivity contribution in [1.29, 1.82) is 0 Å². The van der Waals surface area contributed by atoms with E-state index in [-0.39, 0.29) is 0 Å². The summed E-state index contributed by atoms with van der Waals surface area (Å²) in [5.41, 5.74) is 1.98. The minimum absolute atomic E-state index is 0.679. The van der Waals surface area contributed by atoms with Gasteiger partial charge in [0.15, 0.2) is 0 Å². The van der Waals surface area contributed by atoms with Gasteiger partial charge in [-0.1, -0.05) is 0 Å². The summed E-state index contributed by atoms with van der Waals surface area (Å²) in [6.07, 6.45) is 0. The Kier molecular flexibility index (Phi) is 2.42. The highest BCUT2D eigenvalue weighted by molar-refractivity contribution is 14.1. The number of aromatic nitrogens is 2. The van der Waals surface area contributed by atoms with Crippen LogP contribution >= 0.6 is 22.9 Å². The monoisotopic (exact) mass is 249 g/mol. The summed E-state index contributed by atoms with van der Waals surface area (Å²) in [5, 5.41) is 0. The normalized spacial score (nSPS) is 9.50. The third-order valence-corrected chi connectivity index (χ3v) is 1.55. The lowest BCUT2D eigenvalue weighted by molar-refractivity contribution is 1.07. The van der Waals surface area contributed by atoms with Gasteiger partial charge in [0.1, 0.15) is 0 Å². The number of nitrogens with one attached hydrogen (secondary N) is 1. The maximum absolute atomic E-state index is 4.12. The number of aryl methyl sites for hydroxylation is 2. The molecule has 10 heavy (non-hydrogen) atoms. The van der Waals surface area contributed by atoms with Crippen molar-refractivity contribution in [3.05, 3.63) is 17.5 Å². The fourth-order valence-electron chi connectivity index (χ4n) is 0.768. The highest BCUT2D eigenvalue weighted by Crippen LogP contribution is 2.04. The molecular weight excluding hydrogens is 241 g/mol. The fourth-order valence-corrected chi connectivity index (χ4v) is 1.01. The van der Waals surface area contributed by atoms with Crippen LogP contribution in [0.3, 0.4) is 0 Å². The lowest BCUT2D eigenvalue weighted by Crippen LogP contribution is -1.94. The summed E-state index contributed by atoms with van der Waals surface area (Å²) in [5.74, 6) is 0.679. The van der Waals surface area contributed by atoms with Crippen molar-refractivity contribution in [2.24, 2.45) is 0 Å². The van der Waals surface area contributed by atoms with Crippen molar-refractivity contribution in [2.45, 2.75) is 13.8 Å². The van der Waals surface area contributed by atoms with Crippen LogP contribution in [-0.4, -0.2) is 9.97 Å². The van der Waals surface area contributed by atoms with Gasteiger partial charge >= 0.3 is 0 Å². The van der Waals surface area contributed by atoms with Gasteiger partial charge in [-0.3, -0.25) is 3.53 Å². The third-order valence-electron chi connectivity index (χ3n) is 1.07. The van der Waals surface area contributed by atoms with Gasteiger partial charge in [-0.05, 0) is 19.9 Å². The van der Waals surface area contributed by atoms with Gasteiger partial charge < -0.3 is 0 Å². The van der Waals surface area contributed by atoms with Crippen LogP contribution < -0.4 is 3.53 Å². The van der Waals surface area contributed by atoms with Crippen LogP contribution in [0.15, 0.2) is 6.07 Å². The molecular formula is C6H8IN3. The van der Waals surface area contributed by atoms with E-state index >= 15 is 0 Å². The summed E-state index contributed by atoms with van der Waals surface area (Å²) in [6, 6.07) is 1.94. The Morgan fingerprint density at radius 1 is 1.30 bits per heavy atom. The van der Waals surface area contributed by atoms with Crippen LogP contribution in [0.25, 0.3) is 0 Å². The average Bonchev–Trinajstić information content (AvgIpc) is 1.85. The van der Waals surface area contributed by atoms with Gasteiger partial charge in [-0.2, -0.15) is 0 Å². The van der Waals surface area contributed by atoms with Gasteiger partial charge in [0.2, 0.25) is 5.95 Å². The topological polar surface area (TPSA) is 37.8 Å². The summed E-state index contributed by atoms with van der Waals surface area (Å²) in [6.45, 7) is 3.90. The van der Waals surface area contributed by atoms with E-state index in [2.05, 4.69) is 13.5 Å². The smallest absolute Gasteiger partial charge is 0.232 e. The van der Waals surface area contributed by atoms with Crippen LogP contribution in [0.2, 0.25) is 0 Å². The largest absolute Gasteiger partial charge is 0.297 e. The second-order valence-corrected chi connectivity index (χ2v) is 2.61. The molecule has 54 valence electrons. The van der Waals surface area contributed by atoms with Crippen LogP contribution in [0.5, 0.6) is 0 Å². The molecule has 0 aromatic carbocycles. The number of hydrogen-bond donors (Lipinski definition) is 1. The molecule has 0 atom stereocenters. The molecule has 3 nitrogen and oxygen atoms in total. The predicted molar refractivity (Wildman–Crippen MR) is 49.1 cm³/mol. The molecule has 0 bridgehead atoms. The molecule has 0 amide bonds. The van der Waals surface area contributed by atoms with E-state index in [1.54, 1.807) is 0 Å². The third kappa shape index (κ3) is 1.80. The van der Waals surface area contributed by atoms with Crippen molar-refractivity contribution >= 4 is 28.8 Å². The van der Waals surface area contributed by atoms with E-state index in [0.717, 1.165) is 11.4 Å². The first-order valence-electron chi connectivity index (χ1n) is 2.91. The summed E-state index contributed by atoms with van der Waals surface area (Å²) in [7, 11) is 0. The molecule has 1 aromatic rings. The van der Waals surface area contributed by atoms with Crippen LogP contribution in [-0.2, 0) is 0 Å². The van der Waals surface area contributed by atoms with Crippen molar-refractivity contribution in [1.82, 2.24) is 9.97 Å². The Hall–Kier alpha value is -0.390. The van der Waals surface area contributed by atoms with Crippen LogP contribution in [0, 0.1) is 13.8 Å². The van der Waals surface area contributed by atoms with Crippen LogP contribution in [0.1, 0.15) is 11.4 Å². The molecule has 0 saturated heterocycles. The van der Waals surface area contributed by atoms with E-state index < -0.39 is 0 Å². The molecule has 0 radical (unpaired) electrons. The molecule has 1 aromatic heterocycles. The average molecular weight is 249 g/mol. The number of halogens is 1. The standard InChI is InChI=1S/C6H8IN3/c1-4-3-5(2)9-6(8-4)10-7/h3H,1-2H3,(H,8,9,10). The van der Waals surface area contributed by atoms with Gasteiger partial charge in [0.05, 0.1) is 22.9 Å². The van der Waals surface area contributed by atoms with Gasteiger partial charge in [-0.25, -0.2) is 9.97 Å². The zero-order valence-corrected chi connectivity index (χ0v) is 8.01. The molecule has 1 rings (SSSR count). The lowest BCUT2D eigenvalue weighted by Gasteiger charge is -1.98. The molecule has 4 heteroatoms. The second-order valence-electron chi connectivity index (χ2n) is 2.07. The first-order chi connectivity index (χ1) is 4.72. The molecule has 1 N–H and O–H groups in total. The van der Waals surface area contributed by atoms with E-state index in [1.165, 1.54) is 0 Å². The number of rotatable bonds is 1. The number of nitrogens with zero attached hydrogens (tertiary/aromatic N) is 2. The summed E-state index contributed by atoms with van der Waals surface area (Å²) >= 11 is 2.01. The van der Waals surface area contributed by atoms with Gasteiger partial charge in [0.25, 0.3) is 0 Å². The van der Waals surface area contributed by atoms with Crippen LogP contribution in [0.4, 0.5) is 5.95 Å². The first kappa shape index (κ1) is 7.71. The van der Waals surface area contributed by atoms with Crippen molar-refractivity contribution in [3.8, 4) is 0 Å². The number of anilines is 1. The fraction of sp³-hybridized carbons (Fsp3) is 0.333. The Labute approximate surface area is 73.8 Å². The van der Waals surface area contributed by atoms with Gasteiger partial charge in [-0.15, -0.1) is 0 Å². The van der Waals surface area contributed by atoms with E-state index in [1.807, 2.05) is 42.8 Å². The summed E-state index contributed by atoms with van der Waals surface area (Å²) in [4.78, 5) is 8.25. The Bertz CT molecular complexity index is 216. The maximum atomic E-state index is 4.12. The minimum atomic E-state index is 0.679. The predicted octanol–water partition coefficient (Wildman–Crippen LogP) is 1.86. The van der Waals surface area contributed by atoms with Crippen molar-refractivity contribution in [3.63, 3.8) is 0 Å².